The zero-order valence-corrected chi connectivity index (χ0v) is 11.1. The normalized spacial score (nSPS) is 11.7. The highest BCUT2D eigenvalue weighted by molar-refractivity contribution is 6.33. The number of rotatable bonds is 2. The fourth-order valence-electron chi connectivity index (χ4n) is 1.68. The van der Waals surface area contributed by atoms with E-state index < -0.39 is 0 Å². The van der Waals surface area contributed by atoms with Crippen molar-refractivity contribution < 1.29 is 0 Å². The van der Waals surface area contributed by atoms with Crippen LogP contribution < -0.4 is 5.73 Å². The lowest BCUT2D eigenvalue weighted by molar-refractivity contribution is 0.819. The molecule has 1 unspecified atom stereocenters. The van der Waals surface area contributed by atoms with E-state index in [1.165, 1.54) is 0 Å². The van der Waals surface area contributed by atoms with Gasteiger partial charge in [-0.05, 0) is 30.2 Å². The van der Waals surface area contributed by atoms with Crippen LogP contribution in [0.15, 0.2) is 48.5 Å². The summed E-state index contributed by atoms with van der Waals surface area (Å²) in [7, 11) is 0. The molecule has 1 nitrogen and oxygen atoms in total. The molecule has 0 saturated heterocycles. The van der Waals surface area contributed by atoms with Gasteiger partial charge in [-0.3, -0.25) is 0 Å². The van der Waals surface area contributed by atoms with Crippen LogP contribution in [-0.4, -0.2) is 0 Å². The maximum absolute atomic E-state index is 6.16. The Morgan fingerprint density at radius 3 is 2.41 bits per heavy atom. The topological polar surface area (TPSA) is 26.0 Å². The van der Waals surface area contributed by atoms with E-state index in [1.54, 1.807) is 0 Å². The molecule has 2 aromatic rings. The molecule has 0 aliphatic rings. The van der Waals surface area contributed by atoms with Gasteiger partial charge in [-0.25, -0.2) is 0 Å². The third-order valence-electron chi connectivity index (χ3n) is 2.60. The Morgan fingerprint density at radius 1 is 1.06 bits per heavy atom. The molecule has 0 amide bonds. The van der Waals surface area contributed by atoms with E-state index in [0.717, 1.165) is 21.7 Å². The van der Waals surface area contributed by atoms with E-state index in [1.807, 2.05) is 49.4 Å². The van der Waals surface area contributed by atoms with Gasteiger partial charge in [-0.1, -0.05) is 48.0 Å². The second kappa shape index (κ2) is 6.06. The van der Waals surface area contributed by atoms with Crippen LogP contribution in [0.5, 0.6) is 0 Å². The zero-order valence-electron chi connectivity index (χ0n) is 9.56. The molecule has 0 spiro atoms. The fraction of sp³-hybridized carbons (Fsp3) is 0.143. The minimum atomic E-state index is 0. The highest BCUT2D eigenvalue weighted by Crippen LogP contribution is 2.28. The number of hydrogen-bond acceptors (Lipinski definition) is 1. The zero-order chi connectivity index (χ0) is 11.5. The van der Waals surface area contributed by atoms with Crippen molar-refractivity contribution in [1.82, 2.24) is 0 Å². The van der Waals surface area contributed by atoms with E-state index in [-0.39, 0.29) is 18.4 Å². The molecule has 0 radical (unpaired) electrons. The van der Waals surface area contributed by atoms with Gasteiger partial charge in [0, 0.05) is 16.6 Å². The summed E-state index contributed by atoms with van der Waals surface area (Å²) in [5.41, 5.74) is 9.15. The molecule has 90 valence electrons. The van der Waals surface area contributed by atoms with Gasteiger partial charge in [-0.2, -0.15) is 0 Å². The molecule has 0 heterocycles. The summed E-state index contributed by atoms with van der Waals surface area (Å²) in [6.07, 6.45) is 0. The van der Waals surface area contributed by atoms with E-state index in [0.29, 0.717) is 0 Å². The minimum absolute atomic E-state index is 0. The van der Waals surface area contributed by atoms with Crippen LogP contribution in [0.3, 0.4) is 0 Å². The maximum atomic E-state index is 6.16. The third kappa shape index (κ3) is 3.22. The average molecular weight is 268 g/mol. The molecular formula is C14H15Cl2N. The van der Waals surface area contributed by atoms with Crippen LogP contribution in [-0.2, 0) is 0 Å². The largest absolute Gasteiger partial charge is 0.324 e. The number of nitrogens with two attached hydrogens (primary N) is 1. The van der Waals surface area contributed by atoms with Gasteiger partial charge in [-0.15, -0.1) is 12.4 Å². The van der Waals surface area contributed by atoms with Crippen molar-refractivity contribution in [2.24, 2.45) is 5.73 Å². The lowest BCUT2D eigenvalue weighted by atomic mass is 10.0. The first kappa shape index (κ1) is 14.0. The van der Waals surface area contributed by atoms with Crippen molar-refractivity contribution in [3.05, 3.63) is 59.1 Å². The summed E-state index contributed by atoms with van der Waals surface area (Å²) >= 11 is 6.16. The van der Waals surface area contributed by atoms with Gasteiger partial charge in [0.1, 0.15) is 0 Å². The molecule has 0 fully saturated rings. The van der Waals surface area contributed by atoms with Gasteiger partial charge >= 0.3 is 0 Å². The molecule has 1 atom stereocenters. The summed E-state index contributed by atoms with van der Waals surface area (Å²) in [5, 5.41) is 0.768. The number of benzene rings is 2. The molecule has 2 aromatic carbocycles. The first-order valence-corrected chi connectivity index (χ1v) is 5.67. The Hall–Kier alpha value is -1.02. The van der Waals surface area contributed by atoms with Crippen molar-refractivity contribution in [2.75, 3.05) is 0 Å². The molecule has 0 aromatic heterocycles. The molecule has 0 aliphatic carbocycles. The molecule has 0 bridgehead atoms. The highest BCUT2D eigenvalue weighted by atomic mass is 35.5. The van der Waals surface area contributed by atoms with E-state index in [9.17, 15) is 0 Å². The fourth-order valence-corrected chi connectivity index (χ4v) is 1.93. The Kier molecular flexibility index (Phi) is 5.01. The minimum Gasteiger partial charge on any atom is -0.324 e. The summed E-state index contributed by atoms with van der Waals surface area (Å²) in [6, 6.07) is 16.1. The first-order chi connectivity index (χ1) is 7.68. The smallest absolute Gasteiger partial charge is 0.0484 e. The van der Waals surface area contributed by atoms with Crippen LogP contribution in [0, 0.1) is 0 Å². The quantitative estimate of drug-likeness (QED) is 0.855. The summed E-state index contributed by atoms with van der Waals surface area (Å²) < 4.78 is 0. The summed E-state index contributed by atoms with van der Waals surface area (Å²) in [6.45, 7) is 1.98. The lowest BCUT2D eigenvalue weighted by Crippen LogP contribution is -2.04. The van der Waals surface area contributed by atoms with Crippen molar-refractivity contribution in [2.45, 2.75) is 13.0 Å². The standard InChI is InChI=1S/C14H14ClN.ClH/c1-10(16)11-5-4-6-12(9-11)13-7-2-3-8-14(13)15;/h2-10H,16H2,1H3;1H. The van der Waals surface area contributed by atoms with Crippen molar-refractivity contribution >= 4 is 24.0 Å². The Bertz CT molecular complexity index is 495. The third-order valence-corrected chi connectivity index (χ3v) is 2.93. The first-order valence-electron chi connectivity index (χ1n) is 5.29. The van der Waals surface area contributed by atoms with Crippen LogP contribution in [0.2, 0.25) is 5.02 Å². The summed E-state index contributed by atoms with van der Waals surface area (Å²) in [5.74, 6) is 0. The van der Waals surface area contributed by atoms with Crippen molar-refractivity contribution in [1.29, 1.82) is 0 Å². The van der Waals surface area contributed by atoms with Crippen molar-refractivity contribution in [3.63, 3.8) is 0 Å². The Labute approximate surface area is 113 Å². The molecule has 0 aliphatic heterocycles. The van der Waals surface area contributed by atoms with Gasteiger partial charge in [0.05, 0.1) is 0 Å². The Balaban J connectivity index is 0.00000144. The lowest BCUT2D eigenvalue weighted by Gasteiger charge is -2.09. The van der Waals surface area contributed by atoms with Gasteiger partial charge in [0.15, 0.2) is 0 Å². The molecule has 2 rings (SSSR count). The van der Waals surface area contributed by atoms with Crippen LogP contribution in [0.25, 0.3) is 11.1 Å². The maximum Gasteiger partial charge on any atom is 0.0484 e. The SMILES string of the molecule is CC(N)c1cccc(-c2ccccc2Cl)c1.Cl. The van der Waals surface area contributed by atoms with Gasteiger partial charge in [0.2, 0.25) is 0 Å². The van der Waals surface area contributed by atoms with Gasteiger partial charge < -0.3 is 5.73 Å². The predicted molar refractivity (Wildman–Crippen MR) is 76.7 cm³/mol. The second-order valence-electron chi connectivity index (χ2n) is 3.89. The molecular weight excluding hydrogens is 253 g/mol. The van der Waals surface area contributed by atoms with Gasteiger partial charge in [0.25, 0.3) is 0 Å². The molecule has 17 heavy (non-hydrogen) atoms. The van der Waals surface area contributed by atoms with E-state index in [4.69, 9.17) is 17.3 Å². The average Bonchev–Trinajstić information content (AvgIpc) is 2.30. The van der Waals surface area contributed by atoms with Crippen molar-refractivity contribution in [3.8, 4) is 11.1 Å². The van der Waals surface area contributed by atoms with Crippen LogP contribution in [0.4, 0.5) is 0 Å². The van der Waals surface area contributed by atoms with E-state index >= 15 is 0 Å². The Morgan fingerprint density at radius 2 is 1.76 bits per heavy atom. The van der Waals surface area contributed by atoms with Crippen LogP contribution >= 0.6 is 24.0 Å². The number of hydrogen-bond donors (Lipinski definition) is 1. The molecule has 2 N–H and O–H groups in total. The predicted octanol–water partition coefficient (Wildman–Crippen LogP) is 4.45. The van der Waals surface area contributed by atoms with E-state index in [2.05, 4.69) is 6.07 Å². The molecule has 3 heteroatoms. The highest BCUT2D eigenvalue weighted by Gasteiger charge is 2.04. The monoisotopic (exact) mass is 267 g/mol. The molecule has 0 saturated carbocycles. The summed E-state index contributed by atoms with van der Waals surface area (Å²) in [4.78, 5) is 0. The second-order valence-corrected chi connectivity index (χ2v) is 4.30. The number of halogens is 2. The van der Waals surface area contributed by atoms with Crippen LogP contribution in [0.1, 0.15) is 18.5 Å².